The maximum absolute atomic E-state index is 16.1. The molecule has 1 unspecified atom stereocenters. The standard InChI is InChI=1S/C36H39F5N10O3S/c1-5-48-17-22(32(52)20-14-24(39)31(26(40)28(20)48)51-13-10-47(4)19(2)16-51)34-44-45-36(55-34)43-35(54)42-25-18-50(7-6-37)29-21(33(25)53)15-23(38)30(27(29)41)49-11-8-46(3)9-12-49/h14-15,17-19H,5-13,16H2,1-4H3,(H2,42,43,45,54). The first-order valence-corrected chi connectivity index (χ1v) is 18.6. The van der Waals surface area contributed by atoms with Crippen molar-refractivity contribution in [2.24, 2.45) is 0 Å². The van der Waals surface area contributed by atoms with Crippen LogP contribution < -0.4 is 31.3 Å². The summed E-state index contributed by atoms with van der Waals surface area (Å²) in [4.78, 5) is 47.6. The molecule has 0 spiro atoms. The Kier molecular flexibility index (Phi) is 10.5. The van der Waals surface area contributed by atoms with Crippen LogP contribution in [0.3, 0.4) is 0 Å². The van der Waals surface area contributed by atoms with Crippen LogP contribution in [-0.4, -0.2) is 108 Å². The van der Waals surface area contributed by atoms with Crippen LogP contribution in [0.1, 0.15) is 13.8 Å². The van der Waals surface area contributed by atoms with Crippen molar-refractivity contribution >= 4 is 61.4 Å². The Bertz CT molecular complexity index is 2430. The highest BCUT2D eigenvalue weighted by Crippen LogP contribution is 2.34. The van der Waals surface area contributed by atoms with Crippen LogP contribution in [-0.2, 0) is 13.1 Å². The number of halogens is 5. The molecular formula is C36H39F5N10O3S. The molecule has 13 nitrogen and oxygen atoms in total. The number of pyridine rings is 2. The van der Waals surface area contributed by atoms with Crippen LogP contribution in [0.15, 0.2) is 34.1 Å². The number of aromatic nitrogens is 4. The SMILES string of the molecule is CCn1cc(-c2nnc(NC(=O)Nc3cn(CCF)c4c(F)c(N5CCN(C)CC5)c(F)cc4c3=O)s2)c(=O)c2cc(F)c(N3CCN(C)C(C)C3)c(F)c21. The quantitative estimate of drug-likeness (QED) is 0.211. The summed E-state index contributed by atoms with van der Waals surface area (Å²) in [6, 6.07) is 0.998. The Hall–Kier alpha value is -5.14. The molecule has 1 atom stereocenters. The molecule has 3 aromatic heterocycles. The van der Waals surface area contributed by atoms with E-state index in [2.05, 4.69) is 25.7 Å². The minimum Gasteiger partial charge on any atom is -0.364 e. The van der Waals surface area contributed by atoms with Crippen molar-refractivity contribution in [2.75, 3.05) is 87.0 Å². The molecule has 0 saturated carbocycles. The zero-order valence-electron chi connectivity index (χ0n) is 30.6. The Morgan fingerprint density at radius 2 is 1.45 bits per heavy atom. The van der Waals surface area contributed by atoms with Crippen molar-refractivity contribution in [1.82, 2.24) is 29.1 Å². The van der Waals surface area contributed by atoms with Crippen molar-refractivity contribution in [3.63, 3.8) is 0 Å². The number of urea groups is 1. The molecule has 5 aromatic rings. The number of carbonyl (C=O) groups excluding carboxylic acids is 1. The van der Waals surface area contributed by atoms with Gasteiger partial charge in [0, 0.05) is 70.8 Å². The van der Waals surface area contributed by atoms with Gasteiger partial charge in [-0.1, -0.05) is 11.3 Å². The van der Waals surface area contributed by atoms with Gasteiger partial charge in [-0.05, 0) is 40.1 Å². The number of fused-ring (bicyclic) bond motifs is 2. The van der Waals surface area contributed by atoms with E-state index in [9.17, 15) is 18.8 Å². The van der Waals surface area contributed by atoms with Crippen molar-refractivity contribution < 1.29 is 26.7 Å². The Morgan fingerprint density at radius 3 is 2.09 bits per heavy atom. The monoisotopic (exact) mass is 786 g/mol. The smallest absolute Gasteiger partial charge is 0.325 e. The summed E-state index contributed by atoms with van der Waals surface area (Å²) >= 11 is 0.791. The molecule has 2 aliphatic heterocycles. The molecule has 2 saturated heterocycles. The fraction of sp³-hybridized carbons (Fsp3) is 0.417. The molecule has 55 heavy (non-hydrogen) atoms. The molecule has 2 amide bonds. The highest BCUT2D eigenvalue weighted by atomic mass is 32.1. The van der Waals surface area contributed by atoms with Gasteiger partial charge in [0.15, 0.2) is 22.1 Å². The molecule has 292 valence electrons. The minimum atomic E-state index is -1.01. The molecular weight excluding hydrogens is 748 g/mol. The highest BCUT2D eigenvalue weighted by molar-refractivity contribution is 7.18. The third-order valence-corrected chi connectivity index (χ3v) is 11.2. The fourth-order valence-electron chi connectivity index (χ4n) is 7.21. The van der Waals surface area contributed by atoms with E-state index < -0.39 is 46.8 Å². The summed E-state index contributed by atoms with van der Waals surface area (Å²) in [5, 5.41) is 12.1. The number of nitrogens with zero attached hydrogens (tertiary/aromatic N) is 8. The van der Waals surface area contributed by atoms with Crippen LogP contribution in [0.5, 0.6) is 0 Å². The molecule has 2 aliphatic rings. The van der Waals surface area contributed by atoms with E-state index in [0.717, 1.165) is 34.2 Å². The number of anilines is 4. The maximum atomic E-state index is 16.1. The van der Waals surface area contributed by atoms with E-state index >= 15 is 17.6 Å². The summed E-state index contributed by atoms with van der Waals surface area (Å²) in [7, 11) is 3.84. The van der Waals surface area contributed by atoms with E-state index in [1.54, 1.807) is 16.7 Å². The van der Waals surface area contributed by atoms with Crippen molar-refractivity contribution in [3.05, 3.63) is 68.2 Å². The molecule has 2 fully saturated rings. The number of likely N-dealkylation sites (N-methyl/N-ethyl adjacent to an activating group) is 2. The largest absolute Gasteiger partial charge is 0.364 e. The van der Waals surface area contributed by atoms with Gasteiger partial charge in [-0.3, -0.25) is 14.9 Å². The van der Waals surface area contributed by atoms with E-state index in [0.29, 0.717) is 45.8 Å². The first-order valence-electron chi connectivity index (χ1n) is 17.8. The highest BCUT2D eigenvalue weighted by Gasteiger charge is 2.30. The average molecular weight is 787 g/mol. The third-order valence-electron chi connectivity index (χ3n) is 10.3. The predicted octanol–water partition coefficient (Wildman–Crippen LogP) is 4.92. The first-order chi connectivity index (χ1) is 26.3. The summed E-state index contributed by atoms with van der Waals surface area (Å²) in [5.41, 5.74) is -2.83. The zero-order chi connectivity index (χ0) is 39.3. The lowest BCUT2D eigenvalue weighted by atomic mass is 10.1. The van der Waals surface area contributed by atoms with Gasteiger partial charge in [0.2, 0.25) is 10.6 Å². The lowest BCUT2D eigenvalue weighted by molar-refractivity contribution is 0.232. The van der Waals surface area contributed by atoms with Crippen molar-refractivity contribution in [2.45, 2.75) is 33.0 Å². The van der Waals surface area contributed by atoms with Gasteiger partial charge in [0.05, 0.1) is 33.9 Å². The summed E-state index contributed by atoms with van der Waals surface area (Å²) in [5.74, 6) is -3.68. The number of alkyl halides is 1. The van der Waals surface area contributed by atoms with Crippen LogP contribution >= 0.6 is 11.3 Å². The number of amides is 2. The second-order valence-corrected chi connectivity index (χ2v) is 14.8. The van der Waals surface area contributed by atoms with Crippen molar-refractivity contribution in [1.29, 1.82) is 0 Å². The lowest BCUT2D eigenvalue weighted by Crippen LogP contribution is -2.50. The number of piperazine rings is 2. The van der Waals surface area contributed by atoms with Crippen LogP contribution in [0, 0.1) is 23.3 Å². The van der Waals surface area contributed by atoms with Gasteiger partial charge < -0.3 is 34.1 Å². The predicted molar refractivity (Wildman–Crippen MR) is 203 cm³/mol. The number of benzene rings is 2. The average Bonchev–Trinajstić information content (AvgIpc) is 3.60. The molecule has 2 N–H and O–H groups in total. The molecule has 5 heterocycles. The molecule has 19 heteroatoms. The zero-order valence-corrected chi connectivity index (χ0v) is 31.4. The van der Waals surface area contributed by atoms with Gasteiger partial charge in [0.25, 0.3) is 0 Å². The minimum absolute atomic E-state index is 0.0105. The Labute approximate surface area is 315 Å². The van der Waals surface area contributed by atoms with Crippen LogP contribution in [0.4, 0.5) is 48.9 Å². The van der Waals surface area contributed by atoms with Crippen LogP contribution in [0.2, 0.25) is 0 Å². The van der Waals surface area contributed by atoms with Gasteiger partial charge in [-0.2, -0.15) is 0 Å². The second-order valence-electron chi connectivity index (χ2n) is 13.8. The lowest BCUT2D eigenvalue weighted by Gasteiger charge is -2.39. The topological polar surface area (TPSA) is 124 Å². The Morgan fingerprint density at radius 1 is 0.836 bits per heavy atom. The molecule has 2 aromatic carbocycles. The second kappa shape index (κ2) is 15.2. The normalized spacial score (nSPS) is 17.1. The number of hydrogen-bond donors (Lipinski definition) is 2. The van der Waals surface area contributed by atoms with E-state index in [1.165, 1.54) is 10.8 Å². The van der Waals surface area contributed by atoms with Gasteiger partial charge in [-0.15, -0.1) is 10.2 Å². The van der Waals surface area contributed by atoms with Gasteiger partial charge in [0.1, 0.15) is 35.4 Å². The maximum Gasteiger partial charge on any atom is 0.325 e. The number of aryl methyl sites for hydroxylation is 2. The molecule has 0 aliphatic carbocycles. The summed E-state index contributed by atoms with van der Waals surface area (Å²) < 4.78 is 79.4. The molecule has 0 bridgehead atoms. The van der Waals surface area contributed by atoms with Gasteiger partial charge in [-0.25, -0.2) is 26.7 Å². The number of hydrogen-bond acceptors (Lipinski definition) is 10. The number of carbonyl (C=O) groups is 1. The summed E-state index contributed by atoms with van der Waals surface area (Å²) in [6.07, 6.45) is 2.49. The van der Waals surface area contributed by atoms with Crippen molar-refractivity contribution in [3.8, 4) is 10.6 Å². The van der Waals surface area contributed by atoms with E-state index in [1.807, 2.05) is 25.9 Å². The number of nitrogens with one attached hydrogen (secondary N) is 2. The van der Waals surface area contributed by atoms with E-state index in [-0.39, 0.29) is 73.7 Å². The number of rotatable bonds is 8. The Balaban J connectivity index is 1.16. The molecule has 7 rings (SSSR count). The van der Waals surface area contributed by atoms with Gasteiger partial charge >= 0.3 is 6.03 Å². The first kappa shape index (κ1) is 38.1. The summed E-state index contributed by atoms with van der Waals surface area (Å²) in [6.45, 7) is 5.87. The third kappa shape index (κ3) is 6.99. The van der Waals surface area contributed by atoms with Crippen LogP contribution in [0.25, 0.3) is 32.4 Å². The molecule has 0 radical (unpaired) electrons. The fourth-order valence-corrected chi connectivity index (χ4v) is 7.95. The van der Waals surface area contributed by atoms with E-state index in [4.69, 9.17) is 0 Å².